The number of sulfone groups is 1. The third kappa shape index (κ3) is 2.27. The predicted molar refractivity (Wildman–Crippen MR) is 93.5 cm³/mol. The Bertz CT molecular complexity index is 1080. The lowest BCUT2D eigenvalue weighted by atomic mass is 10.2. The molecule has 6 nitrogen and oxygen atoms in total. The number of pyridine rings is 2. The molecule has 4 rings (SSSR count). The van der Waals surface area contributed by atoms with Crippen LogP contribution >= 0.6 is 0 Å². The number of fused-ring (bicyclic) bond motifs is 2. The minimum absolute atomic E-state index is 0.154. The lowest BCUT2D eigenvalue weighted by Crippen LogP contribution is -2.24. The Balaban J connectivity index is 2.10. The maximum atomic E-state index is 13.0. The van der Waals surface area contributed by atoms with E-state index in [1.807, 2.05) is 31.2 Å². The van der Waals surface area contributed by atoms with Crippen molar-refractivity contribution < 1.29 is 13.2 Å². The van der Waals surface area contributed by atoms with Gasteiger partial charge in [-0.05, 0) is 42.8 Å². The average Bonchev–Trinajstić information content (AvgIpc) is 2.63. The van der Waals surface area contributed by atoms with E-state index in [9.17, 15) is 8.42 Å². The number of rotatable bonds is 2. The molecular weight excluding hydrogens is 338 g/mol. The summed E-state index contributed by atoms with van der Waals surface area (Å²) in [5.74, 6) is 1.24. The van der Waals surface area contributed by atoms with Crippen molar-refractivity contribution in [3.63, 3.8) is 0 Å². The summed E-state index contributed by atoms with van der Waals surface area (Å²) in [5, 5.41) is 0. The first-order valence-electron chi connectivity index (χ1n) is 7.64. The number of hydrogen-bond acceptors (Lipinski definition) is 6. The van der Waals surface area contributed by atoms with Gasteiger partial charge in [-0.2, -0.15) is 0 Å². The summed E-state index contributed by atoms with van der Waals surface area (Å²) in [5.41, 5.74) is 1.45. The highest BCUT2D eigenvalue weighted by Gasteiger charge is 2.37. The van der Waals surface area contributed by atoms with Crippen molar-refractivity contribution >= 4 is 27.2 Å². The van der Waals surface area contributed by atoms with Crippen molar-refractivity contribution in [3.05, 3.63) is 60.4 Å². The Morgan fingerprint density at radius 1 is 1.00 bits per heavy atom. The topological polar surface area (TPSA) is 72.4 Å². The Kier molecular flexibility index (Phi) is 3.47. The van der Waals surface area contributed by atoms with Crippen LogP contribution in [0.1, 0.15) is 5.56 Å². The molecule has 0 unspecified atom stereocenters. The summed E-state index contributed by atoms with van der Waals surface area (Å²) in [6, 6.07) is 12.2. The van der Waals surface area contributed by atoms with E-state index in [0.29, 0.717) is 23.1 Å². The molecule has 126 valence electrons. The molecule has 1 aliphatic rings. The molecule has 3 heterocycles. The first-order chi connectivity index (χ1) is 12.0. The van der Waals surface area contributed by atoms with Crippen LogP contribution in [0, 0.1) is 6.92 Å². The third-order valence-electron chi connectivity index (χ3n) is 4.05. The molecule has 0 bridgehead atoms. The van der Waals surface area contributed by atoms with Crippen LogP contribution in [0.15, 0.2) is 64.6 Å². The number of hydrogen-bond donors (Lipinski definition) is 0. The smallest absolute Gasteiger partial charge is 0.213 e. The molecule has 2 aromatic heterocycles. The minimum atomic E-state index is -3.69. The van der Waals surface area contributed by atoms with E-state index in [0.717, 1.165) is 5.56 Å². The third-order valence-corrected chi connectivity index (χ3v) is 5.83. The number of methoxy groups -OCH3 is 1. The Hall–Kier alpha value is -2.93. The van der Waals surface area contributed by atoms with E-state index in [-0.39, 0.29) is 9.79 Å². The van der Waals surface area contributed by atoms with Gasteiger partial charge in [-0.15, -0.1) is 0 Å². The van der Waals surface area contributed by atoms with Crippen molar-refractivity contribution in [3.8, 4) is 5.75 Å². The average molecular weight is 353 g/mol. The number of aryl methyl sites for hydroxylation is 1. The van der Waals surface area contributed by atoms with Crippen LogP contribution in [0.2, 0.25) is 0 Å². The Morgan fingerprint density at radius 3 is 2.56 bits per heavy atom. The zero-order chi connectivity index (χ0) is 17.6. The zero-order valence-corrected chi connectivity index (χ0v) is 14.5. The highest BCUT2D eigenvalue weighted by Crippen LogP contribution is 2.48. The van der Waals surface area contributed by atoms with Crippen molar-refractivity contribution in [1.82, 2.24) is 9.97 Å². The molecule has 1 aliphatic heterocycles. The molecule has 0 atom stereocenters. The normalized spacial score (nSPS) is 14.6. The summed E-state index contributed by atoms with van der Waals surface area (Å²) < 4.78 is 31.5. The SMILES string of the molecule is COc1ccccc1N1c2ncccc2S(=O)(=O)c2cc(C)cnc21. The highest BCUT2D eigenvalue weighted by molar-refractivity contribution is 7.92. The van der Waals surface area contributed by atoms with Gasteiger partial charge >= 0.3 is 0 Å². The summed E-state index contributed by atoms with van der Waals surface area (Å²) >= 11 is 0. The van der Waals surface area contributed by atoms with E-state index in [1.54, 1.807) is 42.6 Å². The zero-order valence-electron chi connectivity index (χ0n) is 13.7. The van der Waals surface area contributed by atoms with E-state index in [1.165, 1.54) is 0 Å². The Labute approximate surface area is 145 Å². The fraction of sp³-hybridized carbons (Fsp3) is 0.111. The lowest BCUT2D eigenvalue weighted by Gasteiger charge is -2.31. The van der Waals surface area contributed by atoms with E-state index in [4.69, 9.17) is 4.74 Å². The molecule has 3 aromatic rings. The van der Waals surface area contributed by atoms with Gasteiger partial charge in [0.05, 0.1) is 12.8 Å². The van der Waals surface area contributed by atoms with Crippen molar-refractivity contribution in [2.24, 2.45) is 0 Å². The molecule has 0 amide bonds. The molecule has 0 radical (unpaired) electrons. The minimum Gasteiger partial charge on any atom is -0.495 e. The van der Waals surface area contributed by atoms with Crippen LogP contribution in [0.4, 0.5) is 17.3 Å². The largest absolute Gasteiger partial charge is 0.495 e. The molecular formula is C18H15N3O3S. The Morgan fingerprint density at radius 2 is 1.76 bits per heavy atom. The van der Waals surface area contributed by atoms with E-state index >= 15 is 0 Å². The van der Waals surface area contributed by atoms with Gasteiger partial charge in [0.25, 0.3) is 0 Å². The van der Waals surface area contributed by atoms with Crippen molar-refractivity contribution in [2.75, 3.05) is 12.0 Å². The fourth-order valence-corrected chi connectivity index (χ4v) is 4.53. The van der Waals surface area contributed by atoms with Gasteiger partial charge in [-0.3, -0.25) is 4.90 Å². The summed E-state index contributed by atoms with van der Waals surface area (Å²) in [6.07, 6.45) is 3.21. The number of anilines is 3. The van der Waals surface area contributed by atoms with Gasteiger partial charge in [-0.25, -0.2) is 18.4 Å². The first kappa shape index (κ1) is 15.6. The van der Waals surface area contributed by atoms with Crippen LogP contribution in [0.25, 0.3) is 0 Å². The summed E-state index contributed by atoms with van der Waals surface area (Å²) in [4.78, 5) is 10.8. The monoisotopic (exact) mass is 353 g/mol. The molecule has 0 fully saturated rings. The lowest BCUT2D eigenvalue weighted by molar-refractivity contribution is 0.415. The fourth-order valence-electron chi connectivity index (χ4n) is 2.92. The molecule has 1 aromatic carbocycles. The molecule has 0 spiro atoms. The van der Waals surface area contributed by atoms with Gasteiger partial charge in [0.1, 0.15) is 15.5 Å². The maximum Gasteiger partial charge on any atom is 0.213 e. The molecule has 0 aliphatic carbocycles. The quantitative estimate of drug-likeness (QED) is 0.550. The second kappa shape index (κ2) is 5.56. The van der Waals surface area contributed by atoms with Crippen LogP contribution in [0.5, 0.6) is 5.75 Å². The second-order valence-electron chi connectivity index (χ2n) is 5.67. The molecule has 0 saturated carbocycles. The van der Waals surface area contributed by atoms with Crippen molar-refractivity contribution in [2.45, 2.75) is 16.7 Å². The number of ether oxygens (including phenoxy) is 1. The van der Waals surface area contributed by atoms with Gasteiger partial charge in [0.15, 0.2) is 11.6 Å². The number of aromatic nitrogens is 2. The van der Waals surface area contributed by atoms with Crippen LogP contribution in [0.3, 0.4) is 0 Å². The van der Waals surface area contributed by atoms with E-state index < -0.39 is 9.84 Å². The number of para-hydroxylation sites is 2. The van der Waals surface area contributed by atoms with E-state index in [2.05, 4.69) is 9.97 Å². The van der Waals surface area contributed by atoms with Gasteiger partial charge in [0, 0.05) is 12.4 Å². The highest BCUT2D eigenvalue weighted by atomic mass is 32.2. The molecule has 0 saturated heterocycles. The predicted octanol–water partition coefficient (Wildman–Crippen LogP) is 3.41. The van der Waals surface area contributed by atoms with Gasteiger partial charge in [0.2, 0.25) is 9.84 Å². The van der Waals surface area contributed by atoms with Crippen LogP contribution < -0.4 is 9.64 Å². The summed E-state index contributed by atoms with van der Waals surface area (Å²) in [7, 11) is -2.12. The first-order valence-corrected chi connectivity index (χ1v) is 9.12. The number of nitrogens with zero attached hydrogens (tertiary/aromatic N) is 3. The number of benzene rings is 1. The van der Waals surface area contributed by atoms with Gasteiger partial charge in [-0.1, -0.05) is 12.1 Å². The molecule has 7 heteroatoms. The second-order valence-corrected chi connectivity index (χ2v) is 7.56. The standard InChI is InChI=1S/C18H15N3O3S/c1-12-10-16-18(20-11-12)21(13-6-3-4-7-14(13)24-2)17-15(25(16,22)23)8-5-9-19-17/h3-11H,1-2H3. The van der Waals surface area contributed by atoms with Gasteiger partial charge < -0.3 is 4.74 Å². The van der Waals surface area contributed by atoms with Crippen LogP contribution in [-0.2, 0) is 9.84 Å². The summed E-state index contributed by atoms with van der Waals surface area (Å²) in [6.45, 7) is 1.81. The molecule has 0 N–H and O–H groups in total. The van der Waals surface area contributed by atoms with Crippen LogP contribution in [-0.4, -0.2) is 25.5 Å². The molecule has 25 heavy (non-hydrogen) atoms. The maximum absolute atomic E-state index is 13.0. The van der Waals surface area contributed by atoms with Crippen molar-refractivity contribution in [1.29, 1.82) is 0 Å².